The summed E-state index contributed by atoms with van der Waals surface area (Å²) in [6.45, 7) is 0. The first-order chi connectivity index (χ1) is 14.7. The van der Waals surface area contributed by atoms with E-state index in [-0.39, 0.29) is 16.4 Å². The van der Waals surface area contributed by atoms with E-state index in [9.17, 15) is 18.0 Å². The van der Waals surface area contributed by atoms with E-state index >= 15 is 0 Å². The van der Waals surface area contributed by atoms with Crippen LogP contribution in [-0.2, 0) is 6.18 Å². The van der Waals surface area contributed by atoms with Gasteiger partial charge >= 0.3 is 6.18 Å². The maximum atomic E-state index is 13.2. The second kappa shape index (κ2) is 8.33. The van der Waals surface area contributed by atoms with Gasteiger partial charge in [-0.05, 0) is 47.8 Å². The topological polar surface area (TPSA) is 59.8 Å². The molecular formula is C20H11Cl2F3N4OS. The van der Waals surface area contributed by atoms with E-state index in [2.05, 4.69) is 15.4 Å². The van der Waals surface area contributed by atoms with Gasteiger partial charge in [-0.3, -0.25) is 4.79 Å². The van der Waals surface area contributed by atoms with Crippen LogP contribution in [0.15, 0.2) is 60.1 Å². The second-order valence-electron chi connectivity index (χ2n) is 6.29. The Kier molecular flexibility index (Phi) is 5.74. The molecule has 3 aromatic heterocycles. The van der Waals surface area contributed by atoms with E-state index in [0.29, 0.717) is 21.3 Å². The number of carbonyl (C=O) groups excluding carboxylic acids is 1. The molecule has 0 aliphatic carbocycles. The van der Waals surface area contributed by atoms with Crippen molar-refractivity contribution in [2.24, 2.45) is 0 Å². The summed E-state index contributed by atoms with van der Waals surface area (Å²) in [5, 5.41) is 8.56. The fourth-order valence-corrected chi connectivity index (χ4v) is 3.91. The highest BCUT2D eigenvalue weighted by Crippen LogP contribution is 2.34. The molecule has 4 rings (SSSR count). The van der Waals surface area contributed by atoms with Crippen molar-refractivity contribution >= 4 is 46.3 Å². The van der Waals surface area contributed by atoms with Crippen LogP contribution >= 0.6 is 34.5 Å². The first-order valence-corrected chi connectivity index (χ1v) is 10.3. The normalized spacial score (nSPS) is 11.5. The van der Waals surface area contributed by atoms with Gasteiger partial charge in [0.25, 0.3) is 5.91 Å². The molecule has 31 heavy (non-hydrogen) atoms. The fraction of sp³-hybridized carbons (Fsp3) is 0.0500. The molecule has 0 saturated carbocycles. The zero-order chi connectivity index (χ0) is 22.2. The Bertz CT molecular complexity index is 1240. The molecule has 0 atom stereocenters. The summed E-state index contributed by atoms with van der Waals surface area (Å²) in [5.41, 5.74) is -0.0617. The molecule has 0 saturated heterocycles. The van der Waals surface area contributed by atoms with Gasteiger partial charge in [-0.25, -0.2) is 9.67 Å². The molecule has 0 radical (unpaired) electrons. The molecule has 3 heterocycles. The van der Waals surface area contributed by atoms with Gasteiger partial charge in [0.2, 0.25) is 0 Å². The number of halogens is 5. The average molecular weight is 483 g/mol. The predicted octanol–water partition coefficient (Wildman–Crippen LogP) is 6.57. The molecule has 5 nitrogen and oxygen atoms in total. The molecule has 0 spiro atoms. The maximum absolute atomic E-state index is 13.2. The third-order valence-electron chi connectivity index (χ3n) is 4.19. The number of benzene rings is 1. The highest BCUT2D eigenvalue weighted by atomic mass is 35.5. The molecule has 11 heteroatoms. The largest absolute Gasteiger partial charge is 0.435 e. The number of aromatic nitrogens is 3. The van der Waals surface area contributed by atoms with E-state index in [4.69, 9.17) is 23.2 Å². The number of carbonyl (C=O) groups is 1. The minimum absolute atomic E-state index is 0.141. The highest BCUT2D eigenvalue weighted by molar-refractivity contribution is 7.13. The summed E-state index contributed by atoms with van der Waals surface area (Å²) in [7, 11) is 0. The molecule has 0 aliphatic rings. The van der Waals surface area contributed by atoms with Crippen molar-refractivity contribution in [2.75, 3.05) is 5.32 Å². The number of pyridine rings is 1. The molecule has 1 aromatic carbocycles. The van der Waals surface area contributed by atoms with Gasteiger partial charge in [0, 0.05) is 11.8 Å². The lowest BCUT2D eigenvalue weighted by molar-refractivity contribution is -0.141. The fourth-order valence-electron chi connectivity index (χ4n) is 2.76. The van der Waals surface area contributed by atoms with E-state index in [1.54, 1.807) is 17.5 Å². The van der Waals surface area contributed by atoms with Crippen molar-refractivity contribution in [2.45, 2.75) is 6.18 Å². The lowest BCUT2D eigenvalue weighted by Crippen LogP contribution is -2.13. The number of anilines is 1. The van der Waals surface area contributed by atoms with Crippen LogP contribution in [0, 0.1) is 0 Å². The van der Waals surface area contributed by atoms with Gasteiger partial charge in [-0.15, -0.1) is 11.3 Å². The van der Waals surface area contributed by atoms with Crippen molar-refractivity contribution in [3.8, 4) is 16.3 Å². The minimum atomic E-state index is -4.58. The van der Waals surface area contributed by atoms with Crippen molar-refractivity contribution < 1.29 is 18.0 Å². The van der Waals surface area contributed by atoms with Gasteiger partial charge < -0.3 is 5.32 Å². The average Bonchev–Trinajstić information content (AvgIpc) is 3.39. The second-order valence-corrected chi connectivity index (χ2v) is 8.08. The molecule has 0 bridgehead atoms. The number of rotatable bonds is 4. The smallest absolute Gasteiger partial charge is 0.305 e. The lowest BCUT2D eigenvalue weighted by atomic mass is 10.2. The molecule has 4 aromatic rings. The van der Waals surface area contributed by atoms with Crippen LogP contribution in [0.1, 0.15) is 16.1 Å². The summed E-state index contributed by atoms with van der Waals surface area (Å²) in [4.78, 5) is 17.1. The van der Waals surface area contributed by atoms with Crippen molar-refractivity contribution in [3.05, 3.63) is 81.4 Å². The van der Waals surface area contributed by atoms with E-state index < -0.39 is 17.8 Å². The Morgan fingerprint density at radius 1 is 1.10 bits per heavy atom. The summed E-state index contributed by atoms with van der Waals surface area (Å²) < 4.78 is 40.9. The van der Waals surface area contributed by atoms with Crippen LogP contribution in [0.25, 0.3) is 16.3 Å². The molecular weight excluding hydrogens is 472 g/mol. The summed E-state index contributed by atoms with van der Waals surface area (Å²) in [6, 6.07) is 11.9. The van der Waals surface area contributed by atoms with Crippen LogP contribution in [0.4, 0.5) is 19.0 Å². The SMILES string of the molecule is O=C(Nc1ncc(Cl)cc1Cl)c1ccc(-n2nc(C(F)(F)F)cc2-c2cccs2)cc1. The Balaban J connectivity index is 1.64. The van der Waals surface area contributed by atoms with E-state index in [1.165, 1.54) is 52.5 Å². The highest BCUT2D eigenvalue weighted by Gasteiger charge is 2.35. The first-order valence-electron chi connectivity index (χ1n) is 8.66. The molecule has 158 valence electrons. The Hall–Kier alpha value is -2.88. The van der Waals surface area contributed by atoms with Gasteiger partial charge in [0.15, 0.2) is 11.5 Å². The number of alkyl halides is 3. The lowest BCUT2D eigenvalue weighted by Gasteiger charge is -2.09. The summed E-state index contributed by atoms with van der Waals surface area (Å²) >= 11 is 13.1. The zero-order valence-electron chi connectivity index (χ0n) is 15.3. The minimum Gasteiger partial charge on any atom is -0.305 e. The van der Waals surface area contributed by atoms with Gasteiger partial charge in [-0.2, -0.15) is 18.3 Å². The standard InChI is InChI=1S/C20H11Cl2F3N4OS/c21-12-8-14(22)18(26-10-12)27-19(30)11-3-5-13(6-4-11)29-15(16-2-1-7-31-16)9-17(28-29)20(23,24)25/h1-10H,(H,26,27,30). The number of hydrogen-bond donors (Lipinski definition) is 1. The Morgan fingerprint density at radius 3 is 2.45 bits per heavy atom. The first kappa shape index (κ1) is 21.4. The van der Waals surface area contributed by atoms with Crippen LogP contribution < -0.4 is 5.32 Å². The zero-order valence-corrected chi connectivity index (χ0v) is 17.6. The third-order valence-corrected chi connectivity index (χ3v) is 5.57. The number of amides is 1. The third kappa shape index (κ3) is 4.58. The van der Waals surface area contributed by atoms with Crippen molar-refractivity contribution in [1.82, 2.24) is 14.8 Å². The number of hydrogen-bond acceptors (Lipinski definition) is 4. The predicted molar refractivity (Wildman–Crippen MR) is 114 cm³/mol. The number of nitrogens with one attached hydrogen (secondary N) is 1. The number of thiophene rings is 1. The molecule has 0 fully saturated rings. The maximum Gasteiger partial charge on any atom is 0.435 e. The van der Waals surface area contributed by atoms with Crippen LogP contribution in [0.2, 0.25) is 10.0 Å². The van der Waals surface area contributed by atoms with Crippen LogP contribution in [-0.4, -0.2) is 20.7 Å². The van der Waals surface area contributed by atoms with Crippen LogP contribution in [0.5, 0.6) is 0 Å². The van der Waals surface area contributed by atoms with Gasteiger partial charge in [-0.1, -0.05) is 29.3 Å². The Labute approximate surface area is 188 Å². The molecule has 1 amide bonds. The number of nitrogens with zero attached hydrogens (tertiary/aromatic N) is 3. The van der Waals surface area contributed by atoms with Gasteiger partial charge in [0.1, 0.15) is 0 Å². The Morgan fingerprint density at radius 2 is 1.84 bits per heavy atom. The van der Waals surface area contributed by atoms with Crippen molar-refractivity contribution in [3.63, 3.8) is 0 Å². The van der Waals surface area contributed by atoms with E-state index in [1.807, 2.05) is 0 Å². The molecule has 0 unspecified atom stereocenters. The van der Waals surface area contributed by atoms with Gasteiger partial charge in [0.05, 0.1) is 26.3 Å². The molecule has 0 aliphatic heterocycles. The van der Waals surface area contributed by atoms with Crippen LogP contribution in [0.3, 0.4) is 0 Å². The quantitative estimate of drug-likeness (QED) is 0.357. The van der Waals surface area contributed by atoms with E-state index in [0.717, 1.165) is 6.07 Å². The summed E-state index contributed by atoms with van der Waals surface area (Å²) in [6.07, 6.45) is -3.24. The van der Waals surface area contributed by atoms with Crippen molar-refractivity contribution in [1.29, 1.82) is 0 Å². The summed E-state index contributed by atoms with van der Waals surface area (Å²) in [5.74, 6) is -0.347. The monoisotopic (exact) mass is 482 g/mol. The molecule has 1 N–H and O–H groups in total.